The lowest BCUT2D eigenvalue weighted by molar-refractivity contribution is 0.275. The zero-order chi connectivity index (χ0) is 21.3. The van der Waals surface area contributed by atoms with Crippen molar-refractivity contribution >= 4 is 15.5 Å². The fourth-order valence-electron chi connectivity index (χ4n) is 3.86. The van der Waals surface area contributed by atoms with Gasteiger partial charge >= 0.3 is 0 Å². The second-order valence-electron chi connectivity index (χ2n) is 7.30. The monoisotopic (exact) mass is 421 g/mol. The molecule has 0 bridgehead atoms. The first-order valence-corrected chi connectivity index (χ1v) is 11.4. The molecular weight excluding hydrogens is 398 g/mol. The number of fused-ring (bicyclic) bond motifs is 3. The van der Waals surface area contributed by atoms with Gasteiger partial charge in [-0.1, -0.05) is 48.5 Å². The van der Waals surface area contributed by atoms with Gasteiger partial charge in [-0.15, -0.1) is 0 Å². The zero-order valence-electron chi connectivity index (χ0n) is 16.6. The minimum absolute atomic E-state index is 0.0599. The Morgan fingerprint density at radius 3 is 2.47 bits per heavy atom. The van der Waals surface area contributed by atoms with E-state index in [2.05, 4.69) is 30.0 Å². The number of anilines is 1. The molecule has 0 aromatic heterocycles. The maximum atomic E-state index is 12.7. The molecule has 4 rings (SSSR count). The summed E-state index contributed by atoms with van der Waals surface area (Å²) in [6.45, 7) is 1.67. The van der Waals surface area contributed by atoms with E-state index in [-0.39, 0.29) is 28.0 Å². The van der Waals surface area contributed by atoms with E-state index in [9.17, 15) is 18.6 Å². The van der Waals surface area contributed by atoms with Gasteiger partial charge in [-0.3, -0.25) is 0 Å². The van der Waals surface area contributed by atoms with E-state index in [0.717, 1.165) is 11.3 Å². The van der Waals surface area contributed by atoms with Crippen LogP contribution in [0.5, 0.6) is 5.75 Å². The Hall–Kier alpha value is -3.09. The van der Waals surface area contributed by atoms with Crippen LogP contribution in [0, 0.1) is 0 Å². The van der Waals surface area contributed by atoms with Gasteiger partial charge in [0, 0.05) is 23.0 Å². The third-order valence-corrected chi connectivity index (χ3v) is 7.07. The normalized spacial score (nSPS) is 15.8. The zero-order valence-corrected chi connectivity index (χ0v) is 17.4. The number of rotatable bonds is 5. The molecule has 30 heavy (non-hydrogen) atoms. The minimum Gasteiger partial charge on any atom is -0.508 e. The van der Waals surface area contributed by atoms with Gasteiger partial charge in [0.2, 0.25) is 0 Å². The molecular formula is C24H23NO4S. The predicted molar refractivity (Wildman–Crippen MR) is 118 cm³/mol. The smallest absolute Gasteiger partial charge is 0.181 e. The van der Waals surface area contributed by atoms with Gasteiger partial charge in [0.25, 0.3) is 0 Å². The highest BCUT2D eigenvalue weighted by atomic mass is 32.2. The number of hydrogen-bond acceptors (Lipinski definition) is 5. The lowest BCUT2D eigenvalue weighted by atomic mass is 9.89. The molecule has 0 fully saturated rings. The van der Waals surface area contributed by atoms with Crippen molar-refractivity contribution in [3.05, 3.63) is 90.1 Å². The van der Waals surface area contributed by atoms with Crippen molar-refractivity contribution in [3.63, 3.8) is 0 Å². The Morgan fingerprint density at radius 1 is 1.00 bits per heavy atom. The van der Waals surface area contributed by atoms with E-state index in [1.54, 1.807) is 6.08 Å². The quantitative estimate of drug-likeness (QED) is 0.638. The van der Waals surface area contributed by atoms with Crippen LogP contribution in [0.1, 0.15) is 24.1 Å². The molecule has 1 aliphatic heterocycles. The summed E-state index contributed by atoms with van der Waals surface area (Å²) >= 11 is 0. The summed E-state index contributed by atoms with van der Waals surface area (Å²) in [5.41, 5.74) is 4.72. The van der Waals surface area contributed by atoms with E-state index in [1.807, 2.05) is 36.5 Å². The lowest BCUT2D eigenvalue weighted by Gasteiger charge is -2.36. The van der Waals surface area contributed by atoms with Crippen LogP contribution in [0.15, 0.2) is 83.9 Å². The summed E-state index contributed by atoms with van der Waals surface area (Å²) in [6, 6.07) is 20.4. The molecule has 0 radical (unpaired) electrons. The SMILES string of the molecule is CC1c2ccccc2-c2ccccc2N1C=CCS(=O)(=O)c1ccc(O)c(CO)c1. The van der Waals surface area contributed by atoms with Crippen molar-refractivity contribution in [1.29, 1.82) is 0 Å². The van der Waals surface area contributed by atoms with Crippen LogP contribution >= 0.6 is 0 Å². The molecule has 3 aromatic rings. The standard InChI is InChI=1S/C24H23NO4S/c1-17-20-7-2-3-8-21(20)22-9-4-5-10-23(22)25(17)13-6-14-30(28,29)19-11-12-24(27)18(15-19)16-26/h2-13,15,17,26-27H,14,16H2,1H3. The Morgan fingerprint density at radius 2 is 1.70 bits per heavy atom. The summed E-state index contributed by atoms with van der Waals surface area (Å²) < 4.78 is 25.5. The number of benzene rings is 3. The Balaban J connectivity index is 1.63. The van der Waals surface area contributed by atoms with E-state index in [0.29, 0.717) is 0 Å². The van der Waals surface area contributed by atoms with E-state index in [4.69, 9.17) is 0 Å². The van der Waals surface area contributed by atoms with Crippen molar-refractivity contribution in [2.45, 2.75) is 24.5 Å². The van der Waals surface area contributed by atoms with Gasteiger partial charge in [0.15, 0.2) is 9.84 Å². The van der Waals surface area contributed by atoms with Crippen LogP contribution in [-0.2, 0) is 16.4 Å². The van der Waals surface area contributed by atoms with E-state index >= 15 is 0 Å². The largest absolute Gasteiger partial charge is 0.508 e. The molecule has 2 N–H and O–H groups in total. The highest BCUT2D eigenvalue weighted by Gasteiger charge is 2.26. The average Bonchev–Trinajstić information content (AvgIpc) is 2.76. The van der Waals surface area contributed by atoms with Gasteiger partial charge in [-0.25, -0.2) is 8.42 Å². The van der Waals surface area contributed by atoms with Gasteiger partial charge in [-0.05, 0) is 42.3 Å². The third-order valence-electron chi connectivity index (χ3n) is 5.46. The molecule has 0 saturated heterocycles. The first-order chi connectivity index (χ1) is 14.4. The van der Waals surface area contributed by atoms with Crippen molar-refractivity contribution in [2.75, 3.05) is 10.7 Å². The first-order valence-electron chi connectivity index (χ1n) is 9.71. The lowest BCUT2D eigenvalue weighted by Crippen LogP contribution is -2.25. The summed E-state index contributed by atoms with van der Waals surface area (Å²) in [6.07, 6.45) is 3.46. The molecule has 0 amide bonds. The number of para-hydroxylation sites is 1. The Kier molecular flexibility index (Phi) is 5.37. The molecule has 6 heteroatoms. The minimum atomic E-state index is -3.60. The van der Waals surface area contributed by atoms with Crippen LogP contribution < -0.4 is 4.90 Å². The fraction of sp³-hybridized carbons (Fsp3) is 0.167. The Labute approximate surface area is 176 Å². The summed E-state index contributed by atoms with van der Waals surface area (Å²) in [7, 11) is -3.60. The number of sulfone groups is 1. The maximum Gasteiger partial charge on any atom is 0.181 e. The molecule has 0 spiro atoms. The summed E-state index contributed by atoms with van der Waals surface area (Å²) in [5.74, 6) is -0.306. The van der Waals surface area contributed by atoms with Gasteiger partial charge in [-0.2, -0.15) is 0 Å². The fourth-order valence-corrected chi connectivity index (χ4v) is 4.99. The molecule has 3 aromatic carbocycles. The van der Waals surface area contributed by atoms with Crippen LogP contribution in [0.4, 0.5) is 5.69 Å². The summed E-state index contributed by atoms with van der Waals surface area (Å²) in [4.78, 5) is 2.16. The van der Waals surface area contributed by atoms with Crippen molar-refractivity contribution in [1.82, 2.24) is 0 Å². The van der Waals surface area contributed by atoms with E-state index in [1.165, 1.54) is 29.3 Å². The van der Waals surface area contributed by atoms with Crippen LogP contribution in [0.3, 0.4) is 0 Å². The second kappa shape index (κ2) is 7.97. The summed E-state index contributed by atoms with van der Waals surface area (Å²) in [5, 5.41) is 19.0. The molecule has 0 saturated carbocycles. The number of phenols is 1. The Bertz CT molecular complexity index is 1220. The van der Waals surface area contributed by atoms with Gasteiger partial charge in [0.05, 0.1) is 23.3 Å². The topological polar surface area (TPSA) is 77.8 Å². The molecule has 0 aliphatic carbocycles. The number of aliphatic hydroxyl groups excluding tert-OH is 1. The van der Waals surface area contributed by atoms with Crippen LogP contribution in [-0.4, -0.2) is 24.4 Å². The molecule has 154 valence electrons. The highest BCUT2D eigenvalue weighted by molar-refractivity contribution is 7.91. The van der Waals surface area contributed by atoms with Crippen molar-refractivity contribution < 1.29 is 18.6 Å². The highest BCUT2D eigenvalue weighted by Crippen LogP contribution is 2.44. The van der Waals surface area contributed by atoms with Crippen LogP contribution in [0.2, 0.25) is 0 Å². The number of nitrogens with zero attached hydrogens (tertiary/aromatic N) is 1. The molecule has 5 nitrogen and oxygen atoms in total. The number of aromatic hydroxyl groups is 1. The van der Waals surface area contributed by atoms with Crippen LogP contribution in [0.25, 0.3) is 11.1 Å². The van der Waals surface area contributed by atoms with Gasteiger partial charge < -0.3 is 15.1 Å². The third kappa shape index (κ3) is 3.60. The first kappa shape index (κ1) is 20.2. The average molecular weight is 422 g/mol. The predicted octanol–water partition coefficient (Wildman–Crippen LogP) is 4.42. The van der Waals surface area contributed by atoms with Crippen molar-refractivity contribution in [2.24, 2.45) is 0 Å². The maximum absolute atomic E-state index is 12.7. The number of aliphatic hydroxyl groups is 1. The van der Waals surface area contributed by atoms with E-state index < -0.39 is 16.4 Å². The molecule has 1 unspecified atom stereocenters. The molecule has 1 heterocycles. The second-order valence-corrected chi connectivity index (χ2v) is 9.34. The van der Waals surface area contributed by atoms with Crippen molar-refractivity contribution in [3.8, 4) is 16.9 Å². The molecule has 1 aliphatic rings. The van der Waals surface area contributed by atoms with Gasteiger partial charge in [0.1, 0.15) is 5.75 Å². The molecule has 1 atom stereocenters. The number of hydrogen-bond donors (Lipinski definition) is 2.